The van der Waals surface area contributed by atoms with Crippen LogP contribution in [0.15, 0.2) is 66.3 Å². The molecule has 1 heterocycles. The Labute approximate surface area is 210 Å². The lowest BCUT2D eigenvalue weighted by Crippen LogP contribution is -2.33. The number of halogens is 1. The minimum absolute atomic E-state index is 0.00324. The van der Waals surface area contributed by atoms with Gasteiger partial charge in [-0.05, 0) is 71.4 Å². The summed E-state index contributed by atoms with van der Waals surface area (Å²) in [6.07, 6.45) is 2.48. The van der Waals surface area contributed by atoms with Gasteiger partial charge in [0.2, 0.25) is 0 Å². The Morgan fingerprint density at radius 1 is 1.17 bits per heavy atom. The average molecular weight is 495 g/mol. The third kappa shape index (κ3) is 6.21. The molecule has 2 aromatic carbocycles. The summed E-state index contributed by atoms with van der Waals surface area (Å²) in [5, 5.41) is 9.96. The second-order valence-electron chi connectivity index (χ2n) is 10.0. The summed E-state index contributed by atoms with van der Waals surface area (Å²) in [5.74, 6) is -0.329. The summed E-state index contributed by atoms with van der Waals surface area (Å²) < 4.78 is 30.5. The van der Waals surface area contributed by atoms with Crippen molar-refractivity contribution in [3.63, 3.8) is 0 Å². The van der Waals surface area contributed by atoms with Crippen LogP contribution in [0.4, 0.5) is 9.18 Å². The normalized spacial score (nSPS) is 23.9. The molecule has 1 aliphatic heterocycles. The predicted molar refractivity (Wildman–Crippen MR) is 133 cm³/mol. The summed E-state index contributed by atoms with van der Waals surface area (Å²) in [5.41, 5.74) is 2.79. The Morgan fingerprint density at radius 2 is 1.92 bits per heavy atom. The van der Waals surface area contributed by atoms with Crippen LogP contribution in [0, 0.1) is 18.2 Å². The highest BCUT2D eigenvalue weighted by Crippen LogP contribution is 2.46. The zero-order valence-electron chi connectivity index (χ0n) is 20.7. The molecule has 36 heavy (non-hydrogen) atoms. The van der Waals surface area contributed by atoms with E-state index in [4.69, 9.17) is 14.2 Å². The lowest BCUT2D eigenvalue weighted by atomic mass is 9.69. The van der Waals surface area contributed by atoms with Crippen LogP contribution in [0.25, 0.3) is 5.57 Å². The maximum absolute atomic E-state index is 14.0. The standard InChI is InChI=1S/C29H31FO6/c1-18-13-19(9-12-26(18)30)24-16-23(36-28(33)35-21-7-5-4-6-8-21)17-29(2,3)25(24)11-10-22-14-20(31)15-27(32)34-22/h4-13,20,22-23,31H,14-17H2,1-3H3/b11-10+/t20-,22-,23-/m1/s1. The first-order chi connectivity index (χ1) is 17.1. The van der Waals surface area contributed by atoms with Gasteiger partial charge in [0, 0.05) is 12.8 Å². The second kappa shape index (κ2) is 10.7. The van der Waals surface area contributed by atoms with Crippen LogP contribution in [0.3, 0.4) is 0 Å². The van der Waals surface area contributed by atoms with E-state index in [1.165, 1.54) is 6.07 Å². The topological polar surface area (TPSA) is 82.1 Å². The highest BCUT2D eigenvalue weighted by Gasteiger charge is 2.37. The largest absolute Gasteiger partial charge is 0.514 e. The first kappa shape index (κ1) is 25.6. The van der Waals surface area contributed by atoms with E-state index in [1.807, 2.05) is 26.0 Å². The molecule has 0 amide bonds. The molecule has 1 aliphatic carbocycles. The van der Waals surface area contributed by atoms with Gasteiger partial charge < -0.3 is 19.3 Å². The zero-order chi connectivity index (χ0) is 25.9. The van der Waals surface area contributed by atoms with E-state index in [-0.39, 0.29) is 12.2 Å². The summed E-state index contributed by atoms with van der Waals surface area (Å²) in [6, 6.07) is 13.6. The van der Waals surface area contributed by atoms with Gasteiger partial charge in [0.05, 0.1) is 12.5 Å². The van der Waals surface area contributed by atoms with Crippen molar-refractivity contribution >= 4 is 17.7 Å². The van der Waals surface area contributed by atoms with Crippen molar-refractivity contribution in [1.29, 1.82) is 0 Å². The predicted octanol–water partition coefficient (Wildman–Crippen LogP) is 5.91. The molecule has 0 bridgehead atoms. The van der Waals surface area contributed by atoms with Crippen molar-refractivity contribution in [2.24, 2.45) is 5.41 Å². The minimum Gasteiger partial charge on any atom is -0.458 e. The third-order valence-electron chi connectivity index (χ3n) is 6.60. The number of aliphatic hydroxyl groups is 1. The van der Waals surface area contributed by atoms with E-state index >= 15 is 0 Å². The van der Waals surface area contributed by atoms with Crippen LogP contribution in [-0.2, 0) is 14.3 Å². The summed E-state index contributed by atoms with van der Waals surface area (Å²) >= 11 is 0. The molecule has 0 radical (unpaired) electrons. The van der Waals surface area contributed by atoms with Crippen molar-refractivity contribution in [2.45, 2.75) is 64.8 Å². The molecule has 2 aliphatic rings. The van der Waals surface area contributed by atoms with Crippen LogP contribution in [-0.4, -0.2) is 35.5 Å². The molecule has 1 fully saturated rings. The number of aliphatic hydroxyl groups excluding tert-OH is 1. The molecule has 0 aromatic heterocycles. The number of carbonyl (C=O) groups excluding carboxylic acids is 2. The molecule has 3 atom stereocenters. The van der Waals surface area contributed by atoms with E-state index < -0.39 is 35.9 Å². The van der Waals surface area contributed by atoms with Crippen molar-refractivity contribution < 1.29 is 33.3 Å². The van der Waals surface area contributed by atoms with Crippen LogP contribution in [0.1, 0.15) is 50.7 Å². The molecule has 4 rings (SSSR count). The highest BCUT2D eigenvalue weighted by molar-refractivity contribution is 5.75. The quantitative estimate of drug-likeness (QED) is 0.411. The van der Waals surface area contributed by atoms with Gasteiger partial charge in [0.1, 0.15) is 23.8 Å². The van der Waals surface area contributed by atoms with Gasteiger partial charge in [0.15, 0.2) is 0 Å². The molecular weight excluding hydrogens is 463 g/mol. The van der Waals surface area contributed by atoms with Gasteiger partial charge in [-0.2, -0.15) is 0 Å². The Bertz CT molecular complexity index is 1180. The van der Waals surface area contributed by atoms with Crippen molar-refractivity contribution in [3.05, 3.63) is 83.2 Å². The van der Waals surface area contributed by atoms with E-state index in [0.29, 0.717) is 30.6 Å². The summed E-state index contributed by atoms with van der Waals surface area (Å²) in [7, 11) is 0. The van der Waals surface area contributed by atoms with Crippen molar-refractivity contribution in [2.75, 3.05) is 0 Å². The van der Waals surface area contributed by atoms with Crippen LogP contribution in [0.2, 0.25) is 0 Å². The number of esters is 1. The first-order valence-corrected chi connectivity index (χ1v) is 12.1. The molecule has 1 saturated heterocycles. The van der Waals surface area contributed by atoms with E-state index in [1.54, 1.807) is 49.4 Å². The molecule has 7 heteroatoms. The van der Waals surface area contributed by atoms with E-state index in [9.17, 15) is 19.1 Å². The molecule has 6 nitrogen and oxygen atoms in total. The lowest BCUT2D eigenvalue weighted by molar-refractivity contribution is -0.156. The van der Waals surface area contributed by atoms with Gasteiger partial charge in [-0.1, -0.05) is 44.2 Å². The number of benzene rings is 2. The monoisotopic (exact) mass is 494 g/mol. The van der Waals surface area contributed by atoms with Crippen molar-refractivity contribution in [1.82, 2.24) is 0 Å². The number of para-hydroxylation sites is 1. The maximum atomic E-state index is 14.0. The number of hydrogen-bond donors (Lipinski definition) is 1. The molecule has 1 N–H and O–H groups in total. The van der Waals surface area contributed by atoms with E-state index in [2.05, 4.69) is 0 Å². The van der Waals surface area contributed by atoms with Gasteiger partial charge in [0.25, 0.3) is 0 Å². The SMILES string of the molecule is Cc1cc(C2=C(/C=C/[C@@H]3C[C@@H](O)CC(=O)O3)C(C)(C)C[C@H](OC(=O)Oc3ccccc3)C2)ccc1F. The Balaban J connectivity index is 1.63. The van der Waals surface area contributed by atoms with Gasteiger partial charge in [-0.3, -0.25) is 4.79 Å². The number of hydrogen-bond acceptors (Lipinski definition) is 6. The third-order valence-corrected chi connectivity index (χ3v) is 6.60. The van der Waals surface area contributed by atoms with Crippen molar-refractivity contribution in [3.8, 4) is 5.75 Å². The Kier molecular flexibility index (Phi) is 7.59. The van der Waals surface area contributed by atoms with Crippen LogP contribution in [0.5, 0.6) is 5.75 Å². The number of allylic oxidation sites excluding steroid dienone is 2. The van der Waals surface area contributed by atoms with Gasteiger partial charge in [-0.15, -0.1) is 0 Å². The minimum atomic E-state index is -0.779. The zero-order valence-corrected chi connectivity index (χ0v) is 20.7. The molecule has 0 saturated carbocycles. The Hall–Kier alpha value is -3.45. The Morgan fingerprint density at radius 3 is 2.61 bits per heavy atom. The molecule has 0 spiro atoms. The highest BCUT2D eigenvalue weighted by atomic mass is 19.1. The molecule has 190 valence electrons. The number of cyclic esters (lactones) is 1. The van der Waals surface area contributed by atoms with Gasteiger partial charge >= 0.3 is 12.1 Å². The van der Waals surface area contributed by atoms with Gasteiger partial charge in [-0.25, -0.2) is 9.18 Å². The lowest BCUT2D eigenvalue weighted by Gasteiger charge is -2.38. The molecular formula is C29H31FO6. The fourth-order valence-corrected chi connectivity index (χ4v) is 4.89. The fraction of sp³-hybridized carbons (Fsp3) is 0.379. The molecule has 0 unspecified atom stereocenters. The van der Waals surface area contributed by atoms with E-state index in [0.717, 1.165) is 16.7 Å². The smallest absolute Gasteiger partial charge is 0.458 e. The summed E-state index contributed by atoms with van der Waals surface area (Å²) in [4.78, 5) is 24.3. The first-order valence-electron chi connectivity index (χ1n) is 12.1. The fourth-order valence-electron chi connectivity index (χ4n) is 4.89. The average Bonchev–Trinajstić information content (AvgIpc) is 2.79. The molecule has 2 aromatic rings. The number of carbonyl (C=O) groups is 2. The second-order valence-corrected chi connectivity index (χ2v) is 10.0. The maximum Gasteiger partial charge on any atom is 0.514 e. The number of ether oxygens (including phenoxy) is 3. The summed E-state index contributed by atoms with van der Waals surface area (Å²) in [6.45, 7) is 5.79. The number of aryl methyl sites for hydroxylation is 1. The number of rotatable bonds is 5. The van der Waals surface area contributed by atoms with Crippen LogP contribution >= 0.6 is 0 Å². The van der Waals surface area contributed by atoms with Crippen LogP contribution < -0.4 is 4.74 Å².